The molecule has 0 aliphatic carbocycles. The van der Waals surface area contributed by atoms with Gasteiger partial charge in [0.25, 0.3) is 0 Å². The highest BCUT2D eigenvalue weighted by atomic mass is 32.2. The molecule has 36 heavy (non-hydrogen) atoms. The summed E-state index contributed by atoms with van der Waals surface area (Å²) in [5.74, 6) is -0.255. The van der Waals surface area contributed by atoms with E-state index in [2.05, 4.69) is 20.8 Å². The molecule has 2 saturated heterocycles. The van der Waals surface area contributed by atoms with Crippen LogP contribution in [0.4, 0.5) is 23.2 Å². The number of piperidine rings is 1. The van der Waals surface area contributed by atoms with Crippen LogP contribution in [-0.2, 0) is 9.53 Å². The lowest BCUT2D eigenvalue weighted by atomic mass is 10.0. The van der Waals surface area contributed by atoms with Gasteiger partial charge < -0.3 is 24.8 Å². The molecule has 2 aliphatic rings. The fourth-order valence-corrected chi connectivity index (χ4v) is 6.58. The average molecular weight is 546 g/mol. The molecular weight excluding hydrogens is 522 g/mol. The number of nitrogens with zero attached hydrogens (tertiary/aromatic N) is 3. The Morgan fingerprint density at radius 2 is 2.17 bits per heavy atom. The normalized spacial score (nSPS) is 25.4. The molecule has 194 valence electrons. The van der Waals surface area contributed by atoms with E-state index in [1.807, 2.05) is 11.9 Å². The lowest BCUT2D eigenvalue weighted by Gasteiger charge is -2.33. The summed E-state index contributed by atoms with van der Waals surface area (Å²) >= 11 is 0.829. The van der Waals surface area contributed by atoms with Gasteiger partial charge in [-0.05, 0) is 31.3 Å². The van der Waals surface area contributed by atoms with Gasteiger partial charge in [0.05, 0.1) is 21.3 Å². The van der Waals surface area contributed by atoms with Gasteiger partial charge in [-0.3, -0.25) is 4.79 Å². The molecule has 4 heterocycles. The van der Waals surface area contributed by atoms with E-state index < -0.39 is 29.9 Å². The molecule has 14 heteroatoms. The number of anilines is 1. The van der Waals surface area contributed by atoms with Crippen LogP contribution in [0.3, 0.4) is 0 Å². The monoisotopic (exact) mass is 545 g/mol. The van der Waals surface area contributed by atoms with Crippen molar-refractivity contribution in [3.63, 3.8) is 0 Å². The smallest absolute Gasteiger partial charge is 0.377 e. The maximum Gasteiger partial charge on any atom is 0.446 e. The summed E-state index contributed by atoms with van der Waals surface area (Å²) in [6, 6.07) is 3.87. The number of amides is 1. The van der Waals surface area contributed by atoms with Gasteiger partial charge in [-0.25, -0.2) is 4.39 Å². The lowest BCUT2D eigenvalue weighted by molar-refractivity contribution is -0.127. The second-order valence-electron chi connectivity index (χ2n) is 8.79. The number of alkyl halides is 4. The molecule has 2 aliphatic heterocycles. The fourth-order valence-electron chi connectivity index (χ4n) is 4.48. The third-order valence-electron chi connectivity index (χ3n) is 6.25. The van der Waals surface area contributed by atoms with Crippen LogP contribution in [0.5, 0.6) is 0 Å². The number of hydrogen-bond donors (Lipinski definition) is 2. The van der Waals surface area contributed by atoms with E-state index in [4.69, 9.17) is 9.26 Å². The Bertz CT molecular complexity index is 1270. The fraction of sp³-hybridized carbons (Fsp3) is 0.500. The van der Waals surface area contributed by atoms with Gasteiger partial charge in [-0.15, -0.1) is 11.3 Å². The number of carbonyl (C=O) groups excluding carboxylic acids is 1. The third kappa shape index (κ3) is 5.04. The average Bonchev–Trinajstić information content (AvgIpc) is 3.53. The first-order chi connectivity index (χ1) is 17.1. The first kappa shape index (κ1) is 25.2. The highest BCUT2D eigenvalue weighted by Crippen LogP contribution is 2.50. The van der Waals surface area contributed by atoms with Crippen molar-refractivity contribution in [2.75, 3.05) is 32.6 Å². The van der Waals surface area contributed by atoms with E-state index in [0.29, 0.717) is 35.3 Å². The Morgan fingerprint density at radius 3 is 2.89 bits per heavy atom. The number of rotatable bonds is 6. The molecule has 1 amide bonds. The number of halogens is 4. The van der Waals surface area contributed by atoms with Gasteiger partial charge in [-0.1, -0.05) is 17.3 Å². The molecule has 2 N–H and O–H groups in total. The van der Waals surface area contributed by atoms with Crippen LogP contribution in [-0.4, -0.2) is 72.0 Å². The van der Waals surface area contributed by atoms with Crippen molar-refractivity contribution in [2.24, 2.45) is 0 Å². The predicted molar refractivity (Wildman–Crippen MR) is 128 cm³/mol. The number of carbonyl (C=O) groups is 1. The topological polar surface area (TPSA) is 92.5 Å². The molecule has 1 aromatic carbocycles. The summed E-state index contributed by atoms with van der Waals surface area (Å²) in [6.07, 6.45) is -1.10. The van der Waals surface area contributed by atoms with Gasteiger partial charge in [0.15, 0.2) is 0 Å². The highest BCUT2D eigenvalue weighted by molar-refractivity contribution is 8.00. The number of likely N-dealkylation sites (tertiary alicyclic amines) is 1. The number of thiophene rings is 1. The number of ether oxygens (including phenoxy) is 1. The predicted octanol–water partition coefficient (Wildman–Crippen LogP) is 4.59. The molecule has 0 saturated carbocycles. The molecule has 5 rings (SSSR count). The number of nitrogens with one attached hydrogen (secondary N) is 2. The second-order valence-corrected chi connectivity index (χ2v) is 10.9. The zero-order valence-corrected chi connectivity index (χ0v) is 20.9. The first-order valence-electron chi connectivity index (χ1n) is 11.2. The Morgan fingerprint density at radius 1 is 1.36 bits per heavy atom. The molecule has 2 fully saturated rings. The van der Waals surface area contributed by atoms with Gasteiger partial charge in [0, 0.05) is 36.9 Å². The van der Waals surface area contributed by atoms with Crippen molar-refractivity contribution in [1.82, 2.24) is 20.4 Å². The van der Waals surface area contributed by atoms with Crippen LogP contribution in [0.2, 0.25) is 0 Å². The molecule has 0 unspecified atom stereocenters. The van der Waals surface area contributed by atoms with Crippen LogP contribution in [0, 0.1) is 0 Å². The molecule has 0 spiro atoms. The van der Waals surface area contributed by atoms with Gasteiger partial charge in [-0.2, -0.15) is 18.2 Å². The first-order valence-corrected chi connectivity index (χ1v) is 12.8. The van der Waals surface area contributed by atoms with E-state index >= 15 is 0 Å². The maximum atomic E-state index is 14.6. The Balaban J connectivity index is 1.52. The largest absolute Gasteiger partial charge is 0.446 e. The van der Waals surface area contributed by atoms with Crippen LogP contribution in [0.1, 0.15) is 24.8 Å². The molecule has 3 aromatic rings. The molecule has 0 bridgehead atoms. The van der Waals surface area contributed by atoms with E-state index in [-0.39, 0.29) is 45.6 Å². The standard InChI is InChI=1S/C22H23F4N5O3S2/c1-31-7-6-11(23)14(9-31)27-12-5-3-4-10-16(12)35-18(17(10)36-22(24,25)26)19-29-21(34-30-19)13-8-15(33-2)20(32)28-13/h3-5,11,13-15,27H,6-9H2,1-2H3,(H,28,32)/t11-,13+,14+,15-/m0/s1. The number of likely N-dealkylation sites (N-methyl/N-ethyl adjacent to an activating group) is 1. The Hall–Kier alpha value is -2.42. The summed E-state index contributed by atoms with van der Waals surface area (Å²) in [5.41, 5.74) is -4.01. The van der Waals surface area contributed by atoms with Crippen molar-refractivity contribution in [2.45, 2.75) is 47.6 Å². The van der Waals surface area contributed by atoms with Crippen molar-refractivity contribution < 1.29 is 31.6 Å². The second kappa shape index (κ2) is 9.80. The Labute approximate surface area is 211 Å². The number of fused-ring (bicyclic) bond motifs is 1. The Kier molecular flexibility index (Phi) is 6.87. The van der Waals surface area contributed by atoms with Crippen LogP contribution in [0.15, 0.2) is 27.6 Å². The maximum absolute atomic E-state index is 14.6. The zero-order valence-electron chi connectivity index (χ0n) is 19.3. The minimum atomic E-state index is -4.56. The number of thioether (sulfide) groups is 1. The molecule has 2 aromatic heterocycles. The summed E-state index contributed by atoms with van der Waals surface area (Å²) < 4.78 is 66.2. The van der Waals surface area contributed by atoms with E-state index in [1.54, 1.807) is 18.2 Å². The van der Waals surface area contributed by atoms with Crippen LogP contribution < -0.4 is 10.6 Å². The minimum absolute atomic E-state index is 0.0141. The molecule has 0 radical (unpaired) electrons. The van der Waals surface area contributed by atoms with Gasteiger partial charge in [0.2, 0.25) is 17.6 Å². The summed E-state index contributed by atoms with van der Waals surface area (Å²) in [4.78, 5) is 18.4. The number of methoxy groups -OCH3 is 1. The number of hydrogen-bond acceptors (Lipinski definition) is 9. The molecular formula is C22H23F4N5O3S2. The summed E-state index contributed by atoms with van der Waals surface area (Å²) in [5, 5.41) is 10.2. The molecule has 8 nitrogen and oxygen atoms in total. The number of benzene rings is 1. The van der Waals surface area contributed by atoms with Crippen LogP contribution >= 0.6 is 23.1 Å². The quantitative estimate of drug-likeness (QED) is 0.343. The highest BCUT2D eigenvalue weighted by Gasteiger charge is 2.38. The lowest BCUT2D eigenvalue weighted by Crippen LogP contribution is -2.47. The number of aromatic nitrogens is 2. The van der Waals surface area contributed by atoms with Crippen molar-refractivity contribution in [3.05, 3.63) is 24.1 Å². The SMILES string of the molecule is CO[C@H]1C[C@H](c2nc(-c3sc4c(N[C@@H]5CN(C)CC[C@@H]5F)cccc4c3SC(F)(F)F)no2)NC1=O. The third-order valence-corrected chi connectivity index (χ3v) is 8.47. The van der Waals surface area contributed by atoms with E-state index in [0.717, 1.165) is 11.3 Å². The van der Waals surface area contributed by atoms with Crippen molar-refractivity contribution >= 4 is 44.8 Å². The van der Waals surface area contributed by atoms with Crippen molar-refractivity contribution in [3.8, 4) is 10.7 Å². The minimum Gasteiger partial charge on any atom is -0.377 e. The van der Waals surface area contributed by atoms with Crippen molar-refractivity contribution in [1.29, 1.82) is 0 Å². The van der Waals surface area contributed by atoms with Crippen LogP contribution in [0.25, 0.3) is 20.8 Å². The van der Waals surface area contributed by atoms with Gasteiger partial charge >= 0.3 is 5.51 Å². The summed E-state index contributed by atoms with van der Waals surface area (Å²) in [7, 11) is 3.31. The molecule has 4 atom stereocenters. The van der Waals surface area contributed by atoms with E-state index in [1.165, 1.54) is 7.11 Å². The van der Waals surface area contributed by atoms with Gasteiger partial charge in [0.1, 0.15) is 18.3 Å². The summed E-state index contributed by atoms with van der Waals surface area (Å²) in [6.45, 7) is 1.12. The van der Waals surface area contributed by atoms with E-state index in [9.17, 15) is 22.4 Å². The zero-order chi connectivity index (χ0) is 25.6.